The Kier molecular flexibility index (Phi) is 3.39. The maximum Gasteiger partial charge on any atom is 0.244 e. The van der Waals surface area contributed by atoms with Gasteiger partial charge in [0.15, 0.2) is 0 Å². The normalized spacial score (nSPS) is 8.90. The van der Waals surface area contributed by atoms with Gasteiger partial charge in [-0.3, -0.25) is 4.79 Å². The van der Waals surface area contributed by atoms with Crippen molar-refractivity contribution in [2.75, 3.05) is 0 Å². The number of rotatable bonds is 4. The van der Waals surface area contributed by atoms with Crippen LogP contribution in [0.3, 0.4) is 0 Å². The molecule has 0 heterocycles. The number of hydrogen-bond donors (Lipinski definition) is 1. The molecule has 0 saturated carbocycles. The summed E-state index contributed by atoms with van der Waals surface area (Å²) in [5, 5.41) is 0. The quantitative estimate of drug-likeness (QED) is 0.576. The van der Waals surface area contributed by atoms with E-state index in [1.54, 1.807) is 0 Å². The van der Waals surface area contributed by atoms with Crippen LogP contribution in [0.25, 0.3) is 0 Å². The Labute approximate surface area is 59.9 Å². The van der Waals surface area contributed by atoms with E-state index in [0.717, 1.165) is 0 Å². The van der Waals surface area contributed by atoms with Gasteiger partial charge in [-0.25, -0.2) is 0 Å². The van der Waals surface area contributed by atoms with Crippen LogP contribution in [0, 0.1) is 0 Å². The fraction of sp³-hybridized carbons (Fsp3) is 0.429. The SMILES string of the molecule is C=C(CCC(C)=O)C(N)=O. The highest BCUT2D eigenvalue weighted by Gasteiger charge is 2.01. The third-order valence-corrected chi connectivity index (χ3v) is 1.13. The van der Waals surface area contributed by atoms with Gasteiger partial charge in [0.05, 0.1) is 0 Å². The first kappa shape index (κ1) is 8.88. The highest BCUT2D eigenvalue weighted by molar-refractivity contribution is 5.92. The van der Waals surface area contributed by atoms with Crippen LogP contribution < -0.4 is 5.73 Å². The third-order valence-electron chi connectivity index (χ3n) is 1.13. The fourth-order valence-corrected chi connectivity index (χ4v) is 0.450. The van der Waals surface area contributed by atoms with Gasteiger partial charge in [-0.05, 0) is 13.3 Å². The van der Waals surface area contributed by atoms with Crippen LogP contribution in [0.4, 0.5) is 0 Å². The number of primary amides is 1. The molecule has 0 aromatic heterocycles. The van der Waals surface area contributed by atoms with Gasteiger partial charge in [-0.2, -0.15) is 0 Å². The predicted octanol–water partition coefficient (Wildman–Crippen LogP) is 0.397. The molecule has 0 unspecified atom stereocenters. The van der Waals surface area contributed by atoms with Crippen molar-refractivity contribution in [3.63, 3.8) is 0 Å². The summed E-state index contributed by atoms with van der Waals surface area (Å²) in [5.41, 5.74) is 5.19. The van der Waals surface area contributed by atoms with E-state index in [4.69, 9.17) is 5.73 Å². The minimum absolute atomic E-state index is 0.0439. The Morgan fingerprint density at radius 3 is 2.20 bits per heavy atom. The van der Waals surface area contributed by atoms with Gasteiger partial charge >= 0.3 is 0 Å². The van der Waals surface area contributed by atoms with Crippen LogP contribution in [-0.4, -0.2) is 11.7 Å². The molecule has 3 heteroatoms. The lowest BCUT2D eigenvalue weighted by Gasteiger charge is -1.96. The second-order valence-corrected chi connectivity index (χ2v) is 2.17. The van der Waals surface area contributed by atoms with Crippen molar-refractivity contribution in [1.29, 1.82) is 0 Å². The number of Topliss-reactive ketones (excluding diaryl/α,β-unsaturated/α-hetero) is 1. The lowest BCUT2D eigenvalue weighted by Crippen LogP contribution is -2.13. The predicted molar refractivity (Wildman–Crippen MR) is 38.2 cm³/mol. The van der Waals surface area contributed by atoms with Crippen LogP contribution in [-0.2, 0) is 9.59 Å². The molecular formula is C7H11NO2. The van der Waals surface area contributed by atoms with Gasteiger partial charge in [-0.1, -0.05) is 6.58 Å². The minimum Gasteiger partial charge on any atom is -0.366 e. The first-order valence-electron chi connectivity index (χ1n) is 3.01. The van der Waals surface area contributed by atoms with Crippen molar-refractivity contribution >= 4 is 11.7 Å². The van der Waals surface area contributed by atoms with Gasteiger partial charge in [0.2, 0.25) is 5.91 Å². The smallest absolute Gasteiger partial charge is 0.244 e. The van der Waals surface area contributed by atoms with E-state index in [1.165, 1.54) is 6.92 Å². The number of amides is 1. The van der Waals surface area contributed by atoms with E-state index in [9.17, 15) is 9.59 Å². The number of carbonyl (C=O) groups excluding carboxylic acids is 2. The molecule has 0 atom stereocenters. The summed E-state index contributed by atoms with van der Waals surface area (Å²) in [4.78, 5) is 20.7. The molecule has 0 saturated heterocycles. The van der Waals surface area contributed by atoms with Crippen LogP contribution in [0.1, 0.15) is 19.8 Å². The van der Waals surface area contributed by atoms with Gasteiger partial charge in [0.1, 0.15) is 5.78 Å². The zero-order valence-corrected chi connectivity index (χ0v) is 6.02. The summed E-state index contributed by atoms with van der Waals surface area (Å²) in [6, 6.07) is 0. The Morgan fingerprint density at radius 2 is 1.90 bits per heavy atom. The maximum atomic E-state index is 10.4. The van der Waals surface area contributed by atoms with E-state index in [1.807, 2.05) is 0 Å². The van der Waals surface area contributed by atoms with Crippen LogP contribution in [0.15, 0.2) is 12.2 Å². The van der Waals surface area contributed by atoms with Crippen molar-refractivity contribution in [3.05, 3.63) is 12.2 Å². The number of ketones is 1. The molecule has 0 fully saturated rings. The Balaban J connectivity index is 3.60. The summed E-state index contributed by atoms with van der Waals surface area (Å²) in [7, 11) is 0. The number of carbonyl (C=O) groups is 2. The molecular weight excluding hydrogens is 130 g/mol. The second kappa shape index (κ2) is 3.82. The van der Waals surface area contributed by atoms with E-state index >= 15 is 0 Å². The fourth-order valence-electron chi connectivity index (χ4n) is 0.450. The molecule has 0 aliphatic rings. The van der Waals surface area contributed by atoms with Crippen LogP contribution in [0.2, 0.25) is 0 Å². The minimum atomic E-state index is -0.527. The first-order valence-corrected chi connectivity index (χ1v) is 3.01. The lowest BCUT2D eigenvalue weighted by molar-refractivity contribution is -0.117. The topological polar surface area (TPSA) is 60.2 Å². The third kappa shape index (κ3) is 3.83. The average molecular weight is 141 g/mol. The zero-order chi connectivity index (χ0) is 8.15. The lowest BCUT2D eigenvalue weighted by atomic mass is 10.1. The molecule has 0 spiro atoms. The largest absolute Gasteiger partial charge is 0.366 e. The summed E-state index contributed by atoms with van der Waals surface area (Å²) in [6.07, 6.45) is 0.729. The van der Waals surface area contributed by atoms with Crippen LogP contribution in [0.5, 0.6) is 0 Å². The molecule has 0 aromatic rings. The molecule has 56 valence electrons. The molecule has 1 amide bonds. The number of nitrogens with two attached hydrogens (primary N) is 1. The molecule has 0 radical (unpaired) electrons. The van der Waals surface area contributed by atoms with Crippen molar-refractivity contribution in [1.82, 2.24) is 0 Å². The monoisotopic (exact) mass is 141 g/mol. The summed E-state index contributed by atoms with van der Waals surface area (Å²) < 4.78 is 0. The number of hydrogen-bond acceptors (Lipinski definition) is 2. The van der Waals surface area contributed by atoms with E-state index in [0.29, 0.717) is 18.4 Å². The maximum absolute atomic E-state index is 10.4. The summed E-state index contributed by atoms with van der Waals surface area (Å²) in [5.74, 6) is -0.483. The zero-order valence-electron chi connectivity index (χ0n) is 6.02. The van der Waals surface area contributed by atoms with Gasteiger partial charge in [-0.15, -0.1) is 0 Å². The first-order chi connectivity index (χ1) is 4.54. The van der Waals surface area contributed by atoms with Crippen molar-refractivity contribution in [2.45, 2.75) is 19.8 Å². The molecule has 0 aliphatic heterocycles. The Bertz CT molecular complexity index is 172. The molecule has 0 bridgehead atoms. The molecule has 10 heavy (non-hydrogen) atoms. The van der Waals surface area contributed by atoms with E-state index in [2.05, 4.69) is 6.58 Å². The molecule has 2 N–H and O–H groups in total. The van der Waals surface area contributed by atoms with Crippen molar-refractivity contribution in [2.24, 2.45) is 5.73 Å². The van der Waals surface area contributed by atoms with E-state index in [-0.39, 0.29) is 5.78 Å². The highest BCUT2D eigenvalue weighted by atomic mass is 16.1. The van der Waals surface area contributed by atoms with Gasteiger partial charge in [0, 0.05) is 12.0 Å². The van der Waals surface area contributed by atoms with Crippen molar-refractivity contribution in [3.8, 4) is 0 Å². The second-order valence-electron chi connectivity index (χ2n) is 2.17. The molecule has 0 aromatic carbocycles. The van der Waals surface area contributed by atoms with Gasteiger partial charge < -0.3 is 10.5 Å². The molecule has 0 aliphatic carbocycles. The molecule has 3 nitrogen and oxygen atoms in total. The summed E-state index contributed by atoms with van der Waals surface area (Å²) in [6.45, 7) is 4.87. The van der Waals surface area contributed by atoms with Crippen molar-refractivity contribution < 1.29 is 9.59 Å². The average Bonchev–Trinajstić information content (AvgIpc) is 1.82. The standard InChI is InChI=1S/C7H11NO2/c1-5(7(8)10)3-4-6(2)9/h1,3-4H2,2H3,(H2,8,10). The van der Waals surface area contributed by atoms with E-state index < -0.39 is 5.91 Å². The molecule has 0 rings (SSSR count). The highest BCUT2D eigenvalue weighted by Crippen LogP contribution is 2.00. The van der Waals surface area contributed by atoms with Crippen LogP contribution >= 0.6 is 0 Å². The Morgan fingerprint density at radius 1 is 1.40 bits per heavy atom. The Hall–Kier alpha value is -1.12. The summed E-state index contributed by atoms with van der Waals surface area (Å²) >= 11 is 0. The van der Waals surface area contributed by atoms with Gasteiger partial charge in [0.25, 0.3) is 0 Å².